The summed E-state index contributed by atoms with van der Waals surface area (Å²) in [6, 6.07) is 28.2. The van der Waals surface area contributed by atoms with Gasteiger partial charge in [0.25, 0.3) is 0 Å². The zero-order valence-electron chi connectivity index (χ0n) is 21.4. The molecule has 0 saturated heterocycles. The molecule has 9 nitrogen and oxygen atoms in total. The minimum absolute atomic E-state index is 0.00262. The van der Waals surface area contributed by atoms with Crippen LogP contribution in [0.4, 0.5) is 17.5 Å². The molecule has 6 aromatic rings. The lowest BCUT2D eigenvalue weighted by Crippen LogP contribution is -2.00. The number of nitrogen functional groups attached to an aromatic ring is 1. The molecule has 3 N–H and O–H groups in total. The topological polar surface area (TPSA) is 129 Å². The summed E-state index contributed by atoms with van der Waals surface area (Å²) >= 11 is 0. The predicted molar refractivity (Wildman–Crippen MR) is 154 cm³/mol. The molecule has 6 rings (SSSR count). The largest absolute Gasteiger partial charge is 0.438 e. The second kappa shape index (κ2) is 10.6. The molecular weight excluding hydrogens is 502 g/mol. The third kappa shape index (κ3) is 5.03. The number of carbonyl (C=O) groups is 1. The van der Waals surface area contributed by atoms with Gasteiger partial charge >= 0.3 is 0 Å². The quantitative estimate of drug-likeness (QED) is 0.225. The van der Waals surface area contributed by atoms with Crippen molar-refractivity contribution in [3.63, 3.8) is 0 Å². The van der Waals surface area contributed by atoms with Crippen LogP contribution >= 0.6 is 0 Å². The number of fused-ring (bicyclic) bond motifs is 1. The molecule has 0 aliphatic carbocycles. The monoisotopic (exact) mass is 525 g/mol. The Balaban J connectivity index is 1.26. The molecule has 40 heavy (non-hydrogen) atoms. The van der Waals surface area contributed by atoms with Crippen molar-refractivity contribution in [3.05, 3.63) is 109 Å². The van der Waals surface area contributed by atoms with E-state index in [1.807, 2.05) is 78.9 Å². The molecule has 194 valence electrons. The van der Waals surface area contributed by atoms with Crippen LogP contribution in [-0.2, 0) is 0 Å². The van der Waals surface area contributed by atoms with Crippen molar-refractivity contribution in [2.24, 2.45) is 0 Å². The van der Waals surface area contributed by atoms with Crippen LogP contribution < -0.4 is 15.8 Å². The van der Waals surface area contributed by atoms with Gasteiger partial charge in [0.1, 0.15) is 11.4 Å². The molecule has 0 bridgehead atoms. The summed E-state index contributed by atoms with van der Waals surface area (Å²) in [7, 11) is 0. The van der Waals surface area contributed by atoms with E-state index < -0.39 is 0 Å². The molecule has 3 aromatic carbocycles. The van der Waals surface area contributed by atoms with E-state index in [-0.39, 0.29) is 11.7 Å². The van der Waals surface area contributed by atoms with Crippen molar-refractivity contribution in [3.8, 4) is 34.1 Å². The van der Waals surface area contributed by atoms with E-state index in [1.54, 1.807) is 31.5 Å². The van der Waals surface area contributed by atoms with Gasteiger partial charge in [-0.1, -0.05) is 42.5 Å². The highest BCUT2D eigenvalue weighted by molar-refractivity contribution is 6.02. The van der Waals surface area contributed by atoms with E-state index in [2.05, 4.69) is 30.5 Å². The number of aromatic nitrogens is 5. The molecule has 0 saturated carbocycles. The Labute approximate surface area is 229 Å². The molecule has 0 unspecified atom stereocenters. The van der Waals surface area contributed by atoms with Crippen molar-refractivity contribution >= 4 is 34.0 Å². The number of Topliss-reactive ketones (excluding diaryl/α,β-unsaturated/α-hetero) is 1. The van der Waals surface area contributed by atoms with Gasteiger partial charge in [-0.05, 0) is 55.5 Å². The SMILES string of the molecule is CC(=O)c1cccc(-c2nnc(Nc3ccc(Oc4ncccc4-c4ccnc(N)n4)cc3)c3ccccc23)c1. The predicted octanol–water partition coefficient (Wildman–Crippen LogP) is 6.47. The number of nitrogens with two attached hydrogens (primary N) is 1. The molecule has 3 heterocycles. The van der Waals surface area contributed by atoms with Gasteiger partial charge in [-0.25, -0.2) is 15.0 Å². The molecule has 9 heteroatoms. The first kappa shape index (κ1) is 24.6. The fourth-order valence-electron chi connectivity index (χ4n) is 4.34. The summed E-state index contributed by atoms with van der Waals surface area (Å²) in [5, 5.41) is 14.2. The highest BCUT2D eigenvalue weighted by Gasteiger charge is 2.14. The normalized spacial score (nSPS) is 10.8. The standard InChI is InChI=1S/C31H23N7O2/c1-19(39)20-6-4-7-21(18-20)28-24-8-2-3-9-25(24)29(38-37-28)35-22-11-13-23(14-12-22)40-30-26(10-5-16-33-30)27-15-17-34-31(32)36-27/h2-18H,1H3,(H,35,38)(H2,32,34,36). The molecule has 0 aliphatic heterocycles. The summed E-state index contributed by atoms with van der Waals surface area (Å²) in [5.74, 6) is 1.80. The summed E-state index contributed by atoms with van der Waals surface area (Å²) < 4.78 is 6.08. The molecule has 0 radical (unpaired) electrons. The lowest BCUT2D eigenvalue weighted by atomic mass is 10.0. The van der Waals surface area contributed by atoms with Crippen LogP contribution in [0.3, 0.4) is 0 Å². The van der Waals surface area contributed by atoms with Crippen LogP contribution in [0.15, 0.2) is 103 Å². The number of anilines is 3. The first-order valence-electron chi connectivity index (χ1n) is 12.5. The van der Waals surface area contributed by atoms with E-state index >= 15 is 0 Å². The van der Waals surface area contributed by atoms with E-state index in [1.165, 1.54) is 0 Å². The molecule has 0 atom stereocenters. The van der Waals surface area contributed by atoms with E-state index in [0.717, 1.165) is 22.0 Å². The average molecular weight is 526 g/mol. The lowest BCUT2D eigenvalue weighted by molar-refractivity contribution is 0.101. The fraction of sp³-hybridized carbons (Fsp3) is 0.0323. The van der Waals surface area contributed by atoms with Gasteiger partial charge in [-0.15, -0.1) is 10.2 Å². The second-order valence-electron chi connectivity index (χ2n) is 8.99. The first-order valence-corrected chi connectivity index (χ1v) is 12.5. The highest BCUT2D eigenvalue weighted by Crippen LogP contribution is 2.33. The van der Waals surface area contributed by atoms with Gasteiger partial charge in [0.15, 0.2) is 11.6 Å². The minimum Gasteiger partial charge on any atom is -0.438 e. The molecule has 0 aliphatic rings. The summed E-state index contributed by atoms with van der Waals surface area (Å²) in [5.41, 5.74) is 10.1. The Hall–Kier alpha value is -5.70. The number of nitrogens with one attached hydrogen (secondary N) is 1. The van der Waals surface area contributed by atoms with Crippen LogP contribution in [0.2, 0.25) is 0 Å². The van der Waals surface area contributed by atoms with Crippen LogP contribution in [0, 0.1) is 0 Å². The maximum atomic E-state index is 11.9. The third-order valence-corrected chi connectivity index (χ3v) is 6.28. The Bertz CT molecular complexity index is 1860. The van der Waals surface area contributed by atoms with Gasteiger partial charge in [0, 0.05) is 40.0 Å². The molecular formula is C31H23N7O2. The number of nitrogens with zero attached hydrogens (tertiary/aromatic N) is 5. The van der Waals surface area contributed by atoms with E-state index in [9.17, 15) is 4.79 Å². The number of hydrogen-bond donors (Lipinski definition) is 2. The first-order chi connectivity index (χ1) is 19.5. The van der Waals surface area contributed by atoms with Gasteiger partial charge in [-0.3, -0.25) is 4.79 Å². The number of ketones is 1. The Morgan fingerprint density at radius 2 is 1.65 bits per heavy atom. The van der Waals surface area contributed by atoms with E-state index in [4.69, 9.17) is 10.5 Å². The van der Waals surface area contributed by atoms with Gasteiger partial charge in [0.05, 0.1) is 11.3 Å². The fourth-order valence-corrected chi connectivity index (χ4v) is 4.34. The number of rotatable bonds is 7. The third-order valence-electron chi connectivity index (χ3n) is 6.28. The number of benzene rings is 3. The molecule has 0 spiro atoms. The smallest absolute Gasteiger partial charge is 0.228 e. The van der Waals surface area contributed by atoms with Crippen LogP contribution in [0.1, 0.15) is 17.3 Å². The maximum Gasteiger partial charge on any atom is 0.228 e. The number of hydrogen-bond acceptors (Lipinski definition) is 9. The van der Waals surface area contributed by atoms with Crippen molar-refractivity contribution in [2.45, 2.75) is 6.92 Å². The summed E-state index contributed by atoms with van der Waals surface area (Å²) in [6.45, 7) is 1.55. The van der Waals surface area contributed by atoms with E-state index in [0.29, 0.717) is 40.0 Å². The second-order valence-corrected chi connectivity index (χ2v) is 8.99. The average Bonchev–Trinajstić information content (AvgIpc) is 2.99. The lowest BCUT2D eigenvalue weighted by Gasteiger charge is -2.13. The van der Waals surface area contributed by atoms with Gasteiger partial charge in [-0.2, -0.15) is 0 Å². The van der Waals surface area contributed by atoms with Crippen molar-refractivity contribution < 1.29 is 9.53 Å². The van der Waals surface area contributed by atoms with Crippen LogP contribution in [-0.4, -0.2) is 30.9 Å². The van der Waals surface area contributed by atoms with Crippen LogP contribution in [0.5, 0.6) is 11.6 Å². The Kier molecular flexibility index (Phi) is 6.51. The van der Waals surface area contributed by atoms with Crippen molar-refractivity contribution in [2.75, 3.05) is 11.1 Å². The number of carbonyl (C=O) groups excluding carboxylic acids is 1. The zero-order valence-corrected chi connectivity index (χ0v) is 21.4. The minimum atomic E-state index is 0.00262. The number of pyridine rings is 1. The zero-order chi connectivity index (χ0) is 27.5. The summed E-state index contributed by atoms with van der Waals surface area (Å²) in [4.78, 5) is 24.5. The highest BCUT2D eigenvalue weighted by atomic mass is 16.5. The number of ether oxygens (including phenoxy) is 1. The van der Waals surface area contributed by atoms with Gasteiger partial charge < -0.3 is 15.8 Å². The van der Waals surface area contributed by atoms with Crippen molar-refractivity contribution in [1.29, 1.82) is 0 Å². The molecule has 0 fully saturated rings. The Morgan fingerprint density at radius 1 is 0.825 bits per heavy atom. The summed E-state index contributed by atoms with van der Waals surface area (Å²) in [6.07, 6.45) is 3.25. The van der Waals surface area contributed by atoms with Gasteiger partial charge in [0.2, 0.25) is 11.8 Å². The molecule has 0 amide bonds. The molecule has 3 aromatic heterocycles. The maximum absolute atomic E-state index is 11.9. The van der Waals surface area contributed by atoms with Crippen molar-refractivity contribution in [1.82, 2.24) is 25.1 Å². The Morgan fingerprint density at radius 3 is 2.45 bits per heavy atom. The van der Waals surface area contributed by atoms with Crippen LogP contribution in [0.25, 0.3) is 33.3 Å².